The molecule has 120 valence electrons. The Morgan fingerprint density at radius 1 is 1.43 bits per heavy atom. The molecule has 5 heteroatoms. The van der Waals surface area contributed by atoms with Crippen LogP contribution < -0.4 is 5.32 Å². The van der Waals surface area contributed by atoms with Gasteiger partial charge in [-0.05, 0) is 39.2 Å². The fourth-order valence-corrected chi connectivity index (χ4v) is 3.47. The molecular formula is C16H28ClN3O. The molecule has 2 unspecified atom stereocenters. The van der Waals surface area contributed by atoms with Crippen LogP contribution in [0.5, 0.6) is 0 Å². The quantitative estimate of drug-likeness (QED) is 0.801. The van der Waals surface area contributed by atoms with Crippen LogP contribution in [0.25, 0.3) is 0 Å². The Morgan fingerprint density at radius 2 is 2.24 bits per heavy atom. The minimum Gasteiger partial charge on any atom is -0.378 e. The summed E-state index contributed by atoms with van der Waals surface area (Å²) in [6, 6.07) is 0.405. The Bertz CT molecular complexity index is 441. The van der Waals surface area contributed by atoms with E-state index in [-0.39, 0.29) is 0 Å². The van der Waals surface area contributed by atoms with Crippen molar-refractivity contribution >= 4 is 11.6 Å². The van der Waals surface area contributed by atoms with Crippen LogP contribution in [0.15, 0.2) is 0 Å². The van der Waals surface area contributed by atoms with Gasteiger partial charge in [-0.1, -0.05) is 25.4 Å². The molecule has 0 radical (unpaired) electrons. The van der Waals surface area contributed by atoms with E-state index in [1.54, 1.807) is 0 Å². The van der Waals surface area contributed by atoms with Crippen molar-refractivity contribution in [1.82, 2.24) is 15.1 Å². The summed E-state index contributed by atoms with van der Waals surface area (Å²) in [7, 11) is 0. The van der Waals surface area contributed by atoms with Crippen molar-refractivity contribution in [2.45, 2.75) is 71.6 Å². The molecule has 0 amide bonds. The highest BCUT2D eigenvalue weighted by atomic mass is 35.5. The summed E-state index contributed by atoms with van der Waals surface area (Å²) in [6.45, 7) is 9.13. The summed E-state index contributed by atoms with van der Waals surface area (Å²) in [4.78, 5) is 0. The number of halogens is 1. The summed E-state index contributed by atoms with van der Waals surface area (Å²) in [5, 5.41) is 9.06. The number of ether oxygens (including phenoxy) is 1. The summed E-state index contributed by atoms with van der Waals surface area (Å²) in [5.41, 5.74) is 2.18. The van der Waals surface area contributed by atoms with Crippen LogP contribution in [0.1, 0.15) is 51.4 Å². The first-order valence-electron chi connectivity index (χ1n) is 8.28. The molecule has 1 saturated heterocycles. The lowest BCUT2D eigenvalue weighted by atomic mass is 10.0. The van der Waals surface area contributed by atoms with Crippen molar-refractivity contribution in [3.05, 3.63) is 16.4 Å². The molecule has 1 fully saturated rings. The topological polar surface area (TPSA) is 39.1 Å². The molecular weight excluding hydrogens is 286 g/mol. The second kappa shape index (κ2) is 8.16. The molecule has 0 bridgehead atoms. The molecule has 1 aromatic heterocycles. The van der Waals surface area contributed by atoms with Gasteiger partial charge < -0.3 is 10.1 Å². The van der Waals surface area contributed by atoms with E-state index in [0.717, 1.165) is 49.7 Å². The van der Waals surface area contributed by atoms with E-state index in [1.807, 2.05) is 0 Å². The van der Waals surface area contributed by atoms with Crippen LogP contribution in [0.2, 0.25) is 5.02 Å². The van der Waals surface area contributed by atoms with Crippen LogP contribution in [0.3, 0.4) is 0 Å². The van der Waals surface area contributed by atoms with Crippen LogP contribution >= 0.6 is 11.6 Å². The summed E-state index contributed by atoms with van der Waals surface area (Å²) < 4.78 is 7.84. The third-order valence-electron chi connectivity index (χ3n) is 4.20. The maximum Gasteiger partial charge on any atom is 0.0850 e. The maximum atomic E-state index is 6.53. The number of likely N-dealkylation sites (N-methyl/N-ethyl adjacent to an activating group) is 1. The number of nitrogens with zero attached hydrogens (tertiary/aromatic N) is 2. The van der Waals surface area contributed by atoms with Crippen molar-refractivity contribution in [1.29, 1.82) is 0 Å². The highest BCUT2D eigenvalue weighted by Gasteiger charge is 2.23. The van der Waals surface area contributed by atoms with E-state index in [9.17, 15) is 0 Å². The van der Waals surface area contributed by atoms with E-state index in [2.05, 4.69) is 35.9 Å². The van der Waals surface area contributed by atoms with Gasteiger partial charge in [0.25, 0.3) is 0 Å². The van der Waals surface area contributed by atoms with Gasteiger partial charge in [-0.2, -0.15) is 5.10 Å². The van der Waals surface area contributed by atoms with Crippen molar-refractivity contribution < 1.29 is 4.74 Å². The molecule has 2 heterocycles. The highest BCUT2D eigenvalue weighted by Crippen LogP contribution is 2.25. The Hall–Kier alpha value is -0.580. The molecule has 0 saturated carbocycles. The third kappa shape index (κ3) is 4.21. The molecule has 4 nitrogen and oxygen atoms in total. The summed E-state index contributed by atoms with van der Waals surface area (Å²) in [5.74, 6) is 0. The van der Waals surface area contributed by atoms with Gasteiger partial charge in [0.1, 0.15) is 0 Å². The second-order valence-corrected chi connectivity index (χ2v) is 6.08. The smallest absolute Gasteiger partial charge is 0.0850 e. The van der Waals surface area contributed by atoms with Crippen molar-refractivity contribution in [2.24, 2.45) is 0 Å². The zero-order valence-corrected chi connectivity index (χ0v) is 14.2. The Kier molecular flexibility index (Phi) is 6.52. The zero-order chi connectivity index (χ0) is 15.2. The lowest BCUT2D eigenvalue weighted by Gasteiger charge is -2.21. The van der Waals surface area contributed by atoms with Gasteiger partial charge in [0.15, 0.2) is 0 Å². The SMILES string of the molecule is CCNC(Cc1c(Cl)c(CC)nn1CC)CC1CCCO1. The Morgan fingerprint density at radius 3 is 2.81 bits per heavy atom. The van der Waals surface area contributed by atoms with E-state index in [1.165, 1.54) is 18.5 Å². The first-order valence-corrected chi connectivity index (χ1v) is 8.66. The standard InChI is InChI=1S/C16H28ClN3O/c1-4-14-16(17)15(20(6-3)19-14)11-12(18-5-2)10-13-8-7-9-21-13/h12-13,18H,4-11H2,1-3H3. The molecule has 0 aromatic carbocycles. The van der Waals surface area contributed by atoms with E-state index in [0.29, 0.717) is 12.1 Å². The van der Waals surface area contributed by atoms with Gasteiger partial charge in [-0.15, -0.1) is 0 Å². The highest BCUT2D eigenvalue weighted by molar-refractivity contribution is 6.31. The Labute approximate surface area is 133 Å². The van der Waals surface area contributed by atoms with Gasteiger partial charge in [-0.3, -0.25) is 4.68 Å². The fourth-order valence-electron chi connectivity index (χ4n) is 3.12. The zero-order valence-electron chi connectivity index (χ0n) is 13.5. The number of hydrogen-bond acceptors (Lipinski definition) is 3. The molecule has 0 spiro atoms. The molecule has 0 aliphatic carbocycles. The van der Waals surface area contributed by atoms with Gasteiger partial charge in [0.05, 0.1) is 22.5 Å². The van der Waals surface area contributed by atoms with Gasteiger partial charge in [0, 0.05) is 25.6 Å². The molecule has 1 aromatic rings. The molecule has 1 aliphatic rings. The molecule has 2 atom stereocenters. The predicted molar refractivity (Wildman–Crippen MR) is 87.0 cm³/mol. The van der Waals surface area contributed by atoms with Crippen LogP contribution in [-0.2, 0) is 24.1 Å². The lowest BCUT2D eigenvalue weighted by Crippen LogP contribution is -2.35. The van der Waals surface area contributed by atoms with Crippen molar-refractivity contribution in [2.75, 3.05) is 13.2 Å². The fraction of sp³-hybridized carbons (Fsp3) is 0.812. The Balaban J connectivity index is 2.09. The number of hydrogen-bond donors (Lipinski definition) is 1. The van der Waals surface area contributed by atoms with Crippen molar-refractivity contribution in [3.8, 4) is 0 Å². The van der Waals surface area contributed by atoms with E-state index >= 15 is 0 Å². The number of rotatable bonds is 8. The molecule has 21 heavy (non-hydrogen) atoms. The predicted octanol–water partition coefficient (Wildman–Crippen LogP) is 3.21. The first-order chi connectivity index (χ1) is 10.2. The third-order valence-corrected chi connectivity index (χ3v) is 4.63. The number of aromatic nitrogens is 2. The summed E-state index contributed by atoms with van der Waals surface area (Å²) in [6.07, 6.45) is 5.64. The number of nitrogens with one attached hydrogen (secondary N) is 1. The van der Waals surface area contributed by atoms with E-state index < -0.39 is 0 Å². The maximum absolute atomic E-state index is 6.53. The lowest BCUT2D eigenvalue weighted by molar-refractivity contribution is 0.0945. The monoisotopic (exact) mass is 313 g/mol. The van der Waals surface area contributed by atoms with E-state index in [4.69, 9.17) is 16.3 Å². The molecule has 2 rings (SSSR count). The second-order valence-electron chi connectivity index (χ2n) is 5.71. The van der Waals surface area contributed by atoms with Crippen LogP contribution in [0, 0.1) is 0 Å². The molecule has 1 N–H and O–H groups in total. The van der Waals surface area contributed by atoms with Crippen molar-refractivity contribution in [3.63, 3.8) is 0 Å². The number of aryl methyl sites for hydroxylation is 2. The average Bonchev–Trinajstić information content (AvgIpc) is 3.08. The first kappa shape index (κ1) is 16.8. The van der Waals surface area contributed by atoms with Gasteiger partial charge in [-0.25, -0.2) is 0 Å². The van der Waals surface area contributed by atoms with Gasteiger partial charge >= 0.3 is 0 Å². The minimum absolute atomic E-state index is 0.400. The van der Waals surface area contributed by atoms with Crippen LogP contribution in [-0.4, -0.2) is 35.1 Å². The largest absolute Gasteiger partial charge is 0.378 e. The summed E-state index contributed by atoms with van der Waals surface area (Å²) >= 11 is 6.53. The van der Waals surface area contributed by atoms with Gasteiger partial charge in [0.2, 0.25) is 0 Å². The molecule has 1 aliphatic heterocycles. The average molecular weight is 314 g/mol. The normalized spacial score (nSPS) is 20.1. The van der Waals surface area contributed by atoms with Crippen LogP contribution in [0.4, 0.5) is 0 Å². The minimum atomic E-state index is 0.400.